The Morgan fingerprint density at radius 3 is 2.94 bits per heavy atom. The fourth-order valence-electron chi connectivity index (χ4n) is 1.55. The van der Waals surface area contributed by atoms with Gasteiger partial charge >= 0.3 is 0 Å². The van der Waals surface area contributed by atoms with Crippen LogP contribution in [0.3, 0.4) is 0 Å². The maximum absolute atomic E-state index is 13.8. The quantitative estimate of drug-likeness (QED) is 0.693. The topological polar surface area (TPSA) is 43.1 Å². The number of fused-ring (bicyclic) bond motifs is 1. The van der Waals surface area contributed by atoms with Gasteiger partial charge in [0.05, 0.1) is 5.56 Å². The second-order valence-electron chi connectivity index (χ2n) is 3.46. The molecule has 0 saturated heterocycles. The largest absolute Gasteiger partial charge is 0.234 e. The predicted octanol–water partition coefficient (Wildman–Crippen LogP) is 3.06. The molecule has 0 fully saturated rings. The van der Waals surface area contributed by atoms with Crippen LogP contribution in [0.15, 0.2) is 22.7 Å². The summed E-state index contributed by atoms with van der Waals surface area (Å²) in [5, 5.41) is 13.0. The third kappa shape index (κ3) is 1.75. The summed E-state index contributed by atoms with van der Waals surface area (Å²) < 4.78 is 16.1. The van der Waals surface area contributed by atoms with E-state index < -0.39 is 0 Å². The lowest BCUT2D eigenvalue weighted by Crippen LogP contribution is -1.93. The van der Waals surface area contributed by atoms with E-state index in [1.54, 1.807) is 16.6 Å². The third-order valence-corrected chi connectivity index (χ3v) is 3.57. The molecule has 17 heavy (non-hydrogen) atoms. The first-order chi connectivity index (χ1) is 8.15. The van der Waals surface area contributed by atoms with Gasteiger partial charge in [-0.25, -0.2) is 4.39 Å². The SMILES string of the molecule is Cc1nn2c(-c3ccc(Br)cc3F)nnc2s1. The molecule has 0 aliphatic heterocycles. The van der Waals surface area contributed by atoms with Crippen LogP contribution in [0.4, 0.5) is 4.39 Å². The van der Waals surface area contributed by atoms with Crippen molar-refractivity contribution in [2.45, 2.75) is 6.92 Å². The third-order valence-electron chi connectivity index (χ3n) is 2.26. The van der Waals surface area contributed by atoms with Crippen molar-refractivity contribution in [3.8, 4) is 11.4 Å². The second kappa shape index (κ2) is 3.85. The molecule has 2 aromatic heterocycles. The van der Waals surface area contributed by atoms with Gasteiger partial charge in [0, 0.05) is 4.47 Å². The molecule has 0 unspecified atom stereocenters. The van der Waals surface area contributed by atoms with Crippen molar-refractivity contribution < 1.29 is 4.39 Å². The maximum atomic E-state index is 13.8. The monoisotopic (exact) mass is 312 g/mol. The molecular formula is C10H6BrFN4S. The van der Waals surface area contributed by atoms with Crippen LogP contribution < -0.4 is 0 Å². The highest BCUT2D eigenvalue weighted by Crippen LogP contribution is 2.25. The van der Waals surface area contributed by atoms with Crippen LogP contribution in [0.2, 0.25) is 0 Å². The minimum atomic E-state index is -0.348. The zero-order chi connectivity index (χ0) is 12.0. The lowest BCUT2D eigenvalue weighted by molar-refractivity contribution is 0.628. The summed E-state index contributed by atoms with van der Waals surface area (Å²) in [5.74, 6) is 0.0775. The van der Waals surface area contributed by atoms with E-state index in [-0.39, 0.29) is 5.82 Å². The van der Waals surface area contributed by atoms with Gasteiger partial charge in [0.25, 0.3) is 0 Å². The summed E-state index contributed by atoms with van der Waals surface area (Å²) >= 11 is 4.64. The van der Waals surface area contributed by atoms with Crippen LogP contribution >= 0.6 is 27.3 Å². The fourth-order valence-corrected chi connectivity index (χ4v) is 2.57. The Balaban J connectivity index is 2.26. The summed E-state index contributed by atoms with van der Waals surface area (Å²) in [6.07, 6.45) is 0. The summed E-state index contributed by atoms with van der Waals surface area (Å²) in [6.45, 7) is 1.88. The highest BCUT2D eigenvalue weighted by atomic mass is 79.9. The Morgan fingerprint density at radius 2 is 2.18 bits per heavy atom. The first-order valence-corrected chi connectivity index (χ1v) is 6.40. The molecule has 0 radical (unpaired) electrons. The van der Waals surface area contributed by atoms with Gasteiger partial charge in [-0.2, -0.15) is 9.61 Å². The summed E-state index contributed by atoms with van der Waals surface area (Å²) in [4.78, 5) is 0.666. The molecule has 0 saturated carbocycles. The molecule has 0 aliphatic rings. The Bertz CT molecular complexity index is 705. The summed E-state index contributed by atoms with van der Waals surface area (Å²) in [7, 11) is 0. The number of aromatic nitrogens is 4. The van der Waals surface area contributed by atoms with Gasteiger partial charge < -0.3 is 0 Å². The number of benzene rings is 1. The molecule has 4 nitrogen and oxygen atoms in total. The van der Waals surface area contributed by atoms with Crippen LogP contribution in [0.25, 0.3) is 16.3 Å². The van der Waals surface area contributed by atoms with Crippen molar-refractivity contribution in [1.82, 2.24) is 19.8 Å². The molecule has 0 aliphatic carbocycles. The standard InChI is InChI=1S/C10H6BrFN4S/c1-5-15-16-9(13-14-10(16)17-5)7-3-2-6(11)4-8(7)12/h2-4H,1H3. The highest BCUT2D eigenvalue weighted by Gasteiger charge is 2.15. The second-order valence-corrected chi connectivity index (χ2v) is 5.54. The van der Waals surface area contributed by atoms with Gasteiger partial charge in [-0.3, -0.25) is 0 Å². The molecule has 1 aromatic carbocycles. The molecule has 86 valence electrons. The maximum Gasteiger partial charge on any atom is 0.234 e. The van der Waals surface area contributed by atoms with Crippen molar-refractivity contribution in [3.63, 3.8) is 0 Å². The summed E-state index contributed by atoms with van der Waals surface area (Å²) in [5.41, 5.74) is 0.394. The van der Waals surface area contributed by atoms with Crippen LogP contribution in [0.1, 0.15) is 5.01 Å². The zero-order valence-corrected chi connectivity index (χ0v) is 11.1. The van der Waals surface area contributed by atoms with E-state index in [1.807, 2.05) is 6.92 Å². The van der Waals surface area contributed by atoms with E-state index in [9.17, 15) is 4.39 Å². The smallest absolute Gasteiger partial charge is 0.206 e. The average molecular weight is 313 g/mol. The Morgan fingerprint density at radius 1 is 1.35 bits per heavy atom. The Kier molecular flexibility index (Phi) is 2.44. The molecule has 0 spiro atoms. The van der Waals surface area contributed by atoms with Gasteiger partial charge in [0.15, 0.2) is 5.82 Å². The van der Waals surface area contributed by atoms with E-state index in [0.29, 0.717) is 20.8 Å². The first kappa shape index (κ1) is 10.8. The number of hydrogen-bond donors (Lipinski definition) is 0. The number of aryl methyl sites for hydroxylation is 1. The number of rotatable bonds is 1. The van der Waals surface area contributed by atoms with Crippen molar-refractivity contribution in [2.75, 3.05) is 0 Å². The molecule has 2 heterocycles. The van der Waals surface area contributed by atoms with Crippen molar-refractivity contribution in [3.05, 3.63) is 33.5 Å². The average Bonchev–Trinajstić information content (AvgIpc) is 2.78. The zero-order valence-electron chi connectivity index (χ0n) is 8.69. The fraction of sp³-hybridized carbons (Fsp3) is 0.100. The van der Waals surface area contributed by atoms with Crippen LogP contribution in [-0.2, 0) is 0 Å². The molecule has 0 atom stereocenters. The van der Waals surface area contributed by atoms with E-state index in [0.717, 1.165) is 5.01 Å². The predicted molar refractivity (Wildman–Crippen MR) is 66.5 cm³/mol. The van der Waals surface area contributed by atoms with Gasteiger partial charge in [0.2, 0.25) is 4.96 Å². The molecule has 0 bridgehead atoms. The minimum absolute atomic E-state index is 0.348. The molecule has 0 amide bonds. The molecule has 3 aromatic rings. The highest BCUT2D eigenvalue weighted by molar-refractivity contribution is 9.10. The molecule has 7 heteroatoms. The lowest BCUT2D eigenvalue weighted by Gasteiger charge is -1.99. The van der Waals surface area contributed by atoms with Crippen LogP contribution in [-0.4, -0.2) is 19.8 Å². The molecular weight excluding hydrogens is 307 g/mol. The lowest BCUT2D eigenvalue weighted by atomic mass is 10.2. The van der Waals surface area contributed by atoms with E-state index >= 15 is 0 Å². The van der Waals surface area contributed by atoms with Crippen molar-refractivity contribution in [2.24, 2.45) is 0 Å². The van der Waals surface area contributed by atoms with E-state index in [1.165, 1.54) is 17.4 Å². The minimum Gasteiger partial charge on any atom is -0.206 e. The first-order valence-electron chi connectivity index (χ1n) is 4.79. The van der Waals surface area contributed by atoms with Gasteiger partial charge in [-0.05, 0) is 25.1 Å². The van der Waals surface area contributed by atoms with Gasteiger partial charge in [-0.1, -0.05) is 27.3 Å². The van der Waals surface area contributed by atoms with E-state index in [4.69, 9.17) is 0 Å². The van der Waals surface area contributed by atoms with E-state index in [2.05, 4.69) is 31.2 Å². The van der Waals surface area contributed by atoms with Crippen LogP contribution in [0, 0.1) is 12.7 Å². The van der Waals surface area contributed by atoms with Crippen molar-refractivity contribution in [1.29, 1.82) is 0 Å². The van der Waals surface area contributed by atoms with Gasteiger partial charge in [0.1, 0.15) is 10.8 Å². The Hall–Kier alpha value is -1.34. The molecule has 0 N–H and O–H groups in total. The number of hydrogen-bond acceptors (Lipinski definition) is 4. The van der Waals surface area contributed by atoms with Crippen molar-refractivity contribution >= 4 is 32.2 Å². The number of nitrogens with zero attached hydrogens (tertiary/aromatic N) is 4. The summed E-state index contributed by atoms with van der Waals surface area (Å²) in [6, 6.07) is 4.82. The molecule has 3 rings (SSSR count). The number of halogens is 2. The Labute approximate surface area is 108 Å². The van der Waals surface area contributed by atoms with Crippen LogP contribution in [0.5, 0.6) is 0 Å². The normalized spacial score (nSPS) is 11.2. The van der Waals surface area contributed by atoms with Gasteiger partial charge in [-0.15, -0.1) is 10.2 Å².